The number of benzene rings is 2. The molecular weight excluding hydrogens is 474 g/mol. The smallest absolute Gasteiger partial charge is 0.244 e. The van der Waals surface area contributed by atoms with Crippen LogP contribution in [0.25, 0.3) is 0 Å². The first kappa shape index (κ1) is 27.7. The van der Waals surface area contributed by atoms with Gasteiger partial charge in [0.1, 0.15) is 12.6 Å². The summed E-state index contributed by atoms with van der Waals surface area (Å²) < 4.78 is 26.6. The van der Waals surface area contributed by atoms with Crippen molar-refractivity contribution in [2.24, 2.45) is 0 Å². The first-order valence-electron chi connectivity index (χ1n) is 11.3. The summed E-state index contributed by atoms with van der Waals surface area (Å²) in [6.45, 7) is 7.49. The van der Waals surface area contributed by atoms with Gasteiger partial charge in [-0.05, 0) is 56.0 Å². The van der Waals surface area contributed by atoms with E-state index in [9.17, 15) is 18.0 Å². The van der Waals surface area contributed by atoms with Crippen molar-refractivity contribution < 1.29 is 18.0 Å². The number of unbranched alkanes of at least 4 members (excludes halogenated alkanes) is 1. The third-order valence-electron chi connectivity index (χ3n) is 5.61. The lowest BCUT2D eigenvalue weighted by molar-refractivity contribution is -0.139. The SMILES string of the molecule is CCCCNC(=O)[C@@H](C)N(Cc1cccc(Cl)c1)C(=O)CN(c1c(C)cccc1C)S(C)(=O)=O. The van der Waals surface area contributed by atoms with E-state index in [1.807, 2.05) is 19.1 Å². The van der Waals surface area contributed by atoms with Crippen LogP contribution in [-0.4, -0.2) is 50.5 Å². The summed E-state index contributed by atoms with van der Waals surface area (Å²) in [6, 6.07) is 11.7. The van der Waals surface area contributed by atoms with Crippen molar-refractivity contribution in [2.75, 3.05) is 23.7 Å². The van der Waals surface area contributed by atoms with Crippen LogP contribution in [0.3, 0.4) is 0 Å². The Labute approximate surface area is 208 Å². The van der Waals surface area contributed by atoms with Crippen LogP contribution in [0.4, 0.5) is 5.69 Å². The summed E-state index contributed by atoms with van der Waals surface area (Å²) >= 11 is 6.12. The molecule has 0 bridgehead atoms. The van der Waals surface area contributed by atoms with E-state index in [-0.39, 0.29) is 12.5 Å². The Morgan fingerprint density at radius 3 is 2.26 bits per heavy atom. The van der Waals surface area contributed by atoms with Crippen molar-refractivity contribution in [3.63, 3.8) is 0 Å². The van der Waals surface area contributed by atoms with Gasteiger partial charge >= 0.3 is 0 Å². The molecule has 0 aliphatic heterocycles. The van der Waals surface area contributed by atoms with Crippen LogP contribution in [0.15, 0.2) is 42.5 Å². The highest BCUT2D eigenvalue weighted by atomic mass is 35.5. The lowest BCUT2D eigenvalue weighted by Crippen LogP contribution is -2.51. The van der Waals surface area contributed by atoms with Crippen LogP contribution >= 0.6 is 11.6 Å². The highest BCUT2D eigenvalue weighted by Gasteiger charge is 2.31. The minimum Gasteiger partial charge on any atom is -0.354 e. The normalized spacial score (nSPS) is 12.2. The number of para-hydroxylation sites is 1. The highest BCUT2D eigenvalue weighted by molar-refractivity contribution is 7.92. The van der Waals surface area contributed by atoms with Gasteiger partial charge in [0.05, 0.1) is 11.9 Å². The van der Waals surface area contributed by atoms with E-state index in [0.29, 0.717) is 17.3 Å². The Morgan fingerprint density at radius 1 is 1.09 bits per heavy atom. The molecule has 0 spiro atoms. The van der Waals surface area contributed by atoms with Crippen LogP contribution in [0.2, 0.25) is 5.02 Å². The van der Waals surface area contributed by atoms with Gasteiger partial charge in [-0.25, -0.2) is 8.42 Å². The van der Waals surface area contributed by atoms with Crippen molar-refractivity contribution in [2.45, 2.75) is 53.1 Å². The van der Waals surface area contributed by atoms with E-state index in [0.717, 1.165) is 40.1 Å². The summed E-state index contributed by atoms with van der Waals surface area (Å²) in [5.74, 6) is -0.770. The molecule has 0 aliphatic carbocycles. The van der Waals surface area contributed by atoms with Gasteiger partial charge in [0.15, 0.2) is 0 Å². The zero-order valence-electron chi connectivity index (χ0n) is 20.5. The topological polar surface area (TPSA) is 86.8 Å². The molecule has 0 saturated carbocycles. The van der Waals surface area contributed by atoms with Gasteiger partial charge in [0.25, 0.3) is 0 Å². The number of aryl methyl sites for hydroxylation is 2. The van der Waals surface area contributed by atoms with Gasteiger partial charge in [0, 0.05) is 18.1 Å². The summed E-state index contributed by atoms with van der Waals surface area (Å²) in [5, 5.41) is 3.37. The van der Waals surface area contributed by atoms with Crippen LogP contribution < -0.4 is 9.62 Å². The molecule has 0 aliphatic rings. The fourth-order valence-corrected chi connectivity index (χ4v) is 4.90. The summed E-state index contributed by atoms with van der Waals surface area (Å²) in [6.07, 6.45) is 2.84. The maximum atomic E-state index is 13.6. The van der Waals surface area contributed by atoms with Crippen molar-refractivity contribution in [1.29, 1.82) is 0 Å². The Kier molecular flexibility index (Phi) is 9.94. The molecule has 1 atom stereocenters. The number of hydrogen-bond donors (Lipinski definition) is 1. The average molecular weight is 508 g/mol. The molecule has 0 fully saturated rings. The Hall–Kier alpha value is -2.58. The summed E-state index contributed by atoms with van der Waals surface area (Å²) in [4.78, 5) is 27.8. The first-order valence-corrected chi connectivity index (χ1v) is 13.5. The number of nitrogens with zero attached hydrogens (tertiary/aromatic N) is 2. The fraction of sp³-hybridized carbons (Fsp3) is 0.440. The molecule has 9 heteroatoms. The predicted molar refractivity (Wildman–Crippen MR) is 137 cm³/mol. The van der Waals surface area contributed by atoms with Crippen molar-refractivity contribution >= 4 is 39.1 Å². The summed E-state index contributed by atoms with van der Waals surface area (Å²) in [7, 11) is -3.77. The van der Waals surface area contributed by atoms with Crippen LogP contribution in [0.5, 0.6) is 0 Å². The van der Waals surface area contributed by atoms with E-state index in [4.69, 9.17) is 11.6 Å². The Bertz CT molecular complexity index is 1100. The molecular formula is C25H34ClN3O4S. The maximum absolute atomic E-state index is 13.6. The monoisotopic (exact) mass is 507 g/mol. The lowest BCUT2D eigenvalue weighted by atomic mass is 10.1. The van der Waals surface area contributed by atoms with Gasteiger partial charge < -0.3 is 10.2 Å². The molecule has 2 aromatic rings. The van der Waals surface area contributed by atoms with Crippen LogP contribution in [-0.2, 0) is 26.2 Å². The van der Waals surface area contributed by atoms with E-state index in [2.05, 4.69) is 5.32 Å². The van der Waals surface area contributed by atoms with Gasteiger partial charge in [0.2, 0.25) is 21.8 Å². The number of hydrogen-bond acceptors (Lipinski definition) is 4. The minimum absolute atomic E-state index is 0.117. The zero-order chi connectivity index (χ0) is 25.5. The first-order chi connectivity index (χ1) is 16.0. The predicted octanol–water partition coefficient (Wildman–Crippen LogP) is 4.06. The molecule has 0 heterocycles. The van der Waals surface area contributed by atoms with Crippen LogP contribution in [0.1, 0.15) is 43.4 Å². The number of nitrogens with one attached hydrogen (secondary N) is 1. The van der Waals surface area contributed by atoms with E-state index in [1.54, 1.807) is 51.1 Å². The van der Waals surface area contributed by atoms with Crippen molar-refractivity contribution in [3.05, 3.63) is 64.2 Å². The average Bonchev–Trinajstić information content (AvgIpc) is 2.75. The number of carbonyl (C=O) groups is 2. The molecule has 0 radical (unpaired) electrons. The minimum atomic E-state index is -3.77. The molecule has 186 valence electrons. The quantitative estimate of drug-likeness (QED) is 0.465. The second-order valence-electron chi connectivity index (χ2n) is 8.48. The molecule has 1 N–H and O–H groups in total. The zero-order valence-corrected chi connectivity index (χ0v) is 22.0. The number of halogens is 1. The molecule has 7 nitrogen and oxygen atoms in total. The highest BCUT2D eigenvalue weighted by Crippen LogP contribution is 2.27. The fourth-order valence-electron chi connectivity index (χ4n) is 3.73. The second-order valence-corrected chi connectivity index (χ2v) is 10.8. The maximum Gasteiger partial charge on any atom is 0.244 e. The van der Waals surface area contributed by atoms with Crippen molar-refractivity contribution in [1.82, 2.24) is 10.2 Å². The van der Waals surface area contributed by atoms with Gasteiger partial charge in [-0.15, -0.1) is 0 Å². The van der Waals surface area contributed by atoms with Crippen LogP contribution in [0, 0.1) is 13.8 Å². The van der Waals surface area contributed by atoms with E-state index in [1.165, 1.54) is 4.90 Å². The molecule has 0 unspecified atom stereocenters. The molecule has 0 aromatic heterocycles. The number of carbonyl (C=O) groups excluding carboxylic acids is 2. The number of amides is 2. The Morgan fingerprint density at radius 2 is 1.71 bits per heavy atom. The molecule has 2 aromatic carbocycles. The Balaban J connectivity index is 2.41. The molecule has 2 amide bonds. The molecule has 34 heavy (non-hydrogen) atoms. The molecule has 0 saturated heterocycles. The largest absolute Gasteiger partial charge is 0.354 e. The van der Waals surface area contributed by atoms with Gasteiger partial charge in [-0.2, -0.15) is 0 Å². The van der Waals surface area contributed by atoms with Gasteiger partial charge in [-0.1, -0.05) is 55.3 Å². The number of anilines is 1. The third-order valence-corrected chi connectivity index (χ3v) is 6.95. The van der Waals surface area contributed by atoms with Crippen molar-refractivity contribution in [3.8, 4) is 0 Å². The molecule has 2 rings (SSSR count). The number of sulfonamides is 1. The standard InChI is InChI=1S/C25H34ClN3O4S/c1-6-7-14-27-25(31)20(4)28(16-21-12-9-13-22(26)15-21)23(30)17-29(34(5,32)33)24-18(2)10-8-11-19(24)3/h8-13,15,20H,6-7,14,16-17H2,1-5H3,(H,27,31)/t20-/m1/s1. The van der Waals surface area contributed by atoms with E-state index < -0.39 is 28.5 Å². The lowest BCUT2D eigenvalue weighted by Gasteiger charge is -2.32. The van der Waals surface area contributed by atoms with Gasteiger partial charge in [-0.3, -0.25) is 13.9 Å². The number of rotatable bonds is 11. The van der Waals surface area contributed by atoms with E-state index >= 15 is 0 Å². The second kappa shape index (κ2) is 12.2. The summed E-state index contributed by atoms with van der Waals surface area (Å²) in [5.41, 5.74) is 2.70. The third kappa shape index (κ3) is 7.46.